The van der Waals surface area contributed by atoms with Crippen LogP contribution in [0, 0.1) is 0 Å². The number of halogens is 1. The molecule has 0 N–H and O–H groups in total. The third-order valence-electron chi connectivity index (χ3n) is 4.29. The van der Waals surface area contributed by atoms with Crippen molar-refractivity contribution in [2.75, 3.05) is 14.2 Å². The lowest BCUT2D eigenvalue weighted by Gasteiger charge is -2.15. The van der Waals surface area contributed by atoms with E-state index in [1.165, 1.54) is 0 Å². The van der Waals surface area contributed by atoms with Gasteiger partial charge in [0.25, 0.3) is 0 Å². The summed E-state index contributed by atoms with van der Waals surface area (Å²) in [5, 5.41) is 3.72. The lowest BCUT2D eigenvalue weighted by atomic mass is 9.99. The van der Waals surface area contributed by atoms with Gasteiger partial charge in [0, 0.05) is 27.4 Å². The van der Waals surface area contributed by atoms with E-state index in [1.807, 2.05) is 54.6 Å². The molecule has 4 aromatic rings. The van der Waals surface area contributed by atoms with Gasteiger partial charge in [-0.15, -0.1) is 0 Å². The highest BCUT2D eigenvalue weighted by Crippen LogP contribution is 2.40. The van der Waals surface area contributed by atoms with Crippen LogP contribution in [0.3, 0.4) is 0 Å². The summed E-state index contributed by atoms with van der Waals surface area (Å²) in [6, 6.07) is 19.7. The van der Waals surface area contributed by atoms with E-state index >= 15 is 0 Å². The molecule has 0 aliphatic carbocycles. The Bertz CT molecular complexity index is 1090. The molecule has 0 aliphatic heterocycles. The molecule has 4 rings (SSSR count). The first-order valence-electron chi connectivity index (χ1n) is 7.91. The van der Waals surface area contributed by atoms with E-state index in [2.05, 4.69) is 6.07 Å². The first-order valence-corrected chi connectivity index (χ1v) is 8.29. The third kappa shape index (κ3) is 2.67. The minimum atomic E-state index is 0.674. The molecule has 0 unspecified atom stereocenters. The highest BCUT2D eigenvalue weighted by Gasteiger charge is 2.16. The molecule has 0 saturated heterocycles. The molecule has 1 heterocycles. The molecule has 0 fully saturated rings. The average molecular weight is 350 g/mol. The van der Waals surface area contributed by atoms with Crippen molar-refractivity contribution in [2.45, 2.75) is 0 Å². The molecule has 1 aromatic heterocycles. The molecule has 0 bridgehead atoms. The summed E-state index contributed by atoms with van der Waals surface area (Å²) in [6.07, 6.45) is 0. The van der Waals surface area contributed by atoms with E-state index in [-0.39, 0.29) is 0 Å². The van der Waals surface area contributed by atoms with Crippen LogP contribution in [-0.2, 0) is 0 Å². The van der Waals surface area contributed by atoms with Crippen molar-refractivity contribution in [1.82, 2.24) is 4.98 Å². The summed E-state index contributed by atoms with van der Waals surface area (Å²) in [4.78, 5) is 4.90. The monoisotopic (exact) mass is 349 g/mol. The first kappa shape index (κ1) is 15.7. The molecule has 0 aliphatic rings. The van der Waals surface area contributed by atoms with Gasteiger partial charge in [0.2, 0.25) is 0 Å². The smallest absolute Gasteiger partial charge is 0.132 e. The van der Waals surface area contributed by atoms with Gasteiger partial charge in [-0.05, 0) is 24.3 Å². The number of hydrogen-bond acceptors (Lipinski definition) is 3. The second-order valence-electron chi connectivity index (χ2n) is 5.74. The standard InChI is InChI=1S/C21H16ClNO2/c1-24-15-11-17-16-8-3-4-9-18(16)23-21(20(17)19(12-15)25-2)13-6-5-7-14(22)10-13/h3-12H,1-2H3. The molecular weight excluding hydrogens is 334 g/mol. The Morgan fingerprint density at radius 2 is 1.68 bits per heavy atom. The van der Waals surface area contributed by atoms with E-state index in [9.17, 15) is 0 Å². The van der Waals surface area contributed by atoms with Crippen LogP contribution in [0.15, 0.2) is 60.7 Å². The van der Waals surface area contributed by atoms with E-state index < -0.39 is 0 Å². The SMILES string of the molecule is COc1cc(OC)c2c(-c3cccc(Cl)c3)nc3ccccc3c2c1. The number of fused-ring (bicyclic) bond motifs is 3. The number of aromatic nitrogens is 1. The Morgan fingerprint density at radius 3 is 2.44 bits per heavy atom. The van der Waals surface area contributed by atoms with Gasteiger partial charge in [0.1, 0.15) is 11.5 Å². The Kier molecular flexibility index (Phi) is 3.94. The molecule has 3 nitrogen and oxygen atoms in total. The fourth-order valence-electron chi connectivity index (χ4n) is 3.15. The topological polar surface area (TPSA) is 31.4 Å². The molecule has 4 heteroatoms. The quantitative estimate of drug-likeness (QED) is 0.443. The van der Waals surface area contributed by atoms with Crippen LogP contribution in [0.25, 0.3) is 32.9 Å². The zero-order chi connectivity index (χ0) is 17.4. The second kappa shape index (κ2) is 6.26. The van der Waals surface area contributed by atoms with Crippen molar-refractivity contribution in [3.8, 4) is 22.8 Å². The summed E-state index contributed by atoms with van der Waals surface area (Å²) >= 11 is 6.21. The number of hydrogen-bond donors (Lipinski definition) is 0. The van der Waals surface area contributed by atoms with E-state index in [0.717, 1.165) is 44.4 Å². The minimum absolute atomic E-state index is 0.674. The summed E-state index contributed by atoms with van der Waals surface area (Å²) in [6.45, 7) is 0. The Hall–Kier alpha value is -2.78. The molecule has 0 radical (unpaired) electrons. The summed E-state index contributed by atoms with van der Waals surface area (Å²) in [5.74, 6) is 1.47. The summed E-state index contributed by atoms with van der Waals surface area (Å²) < 4.78 is 11.1. The number of benzene rings is 3. The Labute approximate surface area is 150 Å². The van der Waals surface area contributed by atoms with Crippen molar-refractivity contribution in [1.29, 1.82) is 0 Å². The molecule has 0 spiro atoms. The number of rotatable bonds is 3. The molecule has 0 atom stereocenters. The van der Waals surface area contributed by atoms with Crippen LogP contribution < -0.4 is 9.47 Å². The van der Waals surface area contributed by atoms with Gasteiger partial charge in [-0.1, -0.05) is 41.9 Å². The van der Waals surface area contributed by atoms with Crippen molar-refractivity contribution >= 4 is 33.3 Å². The number of pyridine rings is 1. The van der Waals surface area contributed by atoms with Crippen molar-refractivity contribution < 1.29 is 9.47 Å². The summed E-state index contributed by atoms with van der Waals surface area (Å²) in [5.41, 5.74) is 2.71. The van der Waals surface area contributed by atoms with Crippen LogP contribution in [0.2, 0.25) is 5.02 Å². The predicted molar refractivity (Wildman–Crippen MR) is 103 cm³/mol. The van der Waals surface area contributed by atoms with Crippen LogP contribution in [0.4, 0.5) is 0 Å². The number of ether oxygens (including phenoxy) is 2. The third-order valence-corrected chi connectivity index (χ3v) is 4.53. The molecular formula is C21H16ClNO2. The lowest BCUT2D eigenvalue weighted by molar-refractivity contribution is 0.398. The van der Waals surface area contributed by atoms with Gasteiger partial charge >= 0.3 is 0 Å². The fraction of sp³-hybridized carbons (Fsp3) is 0.0952. The van der Waals surface area contributed by atoms with Gasteiger partial charge < -0.3 is 9.47 Å². The van der Waals surface area contributed by atoms with Gasteiger partial charge in [-0.3, -0.25) is 0 Å². The van der Waals surface area contributed by atoms with E-state index in [4.69, 9.17) is 26.1 Å². The van der Waals surface area contributed by atoms with Crippen LogP contribution >= 0.6 is 11.6 Å². The number of para-hydroxylation sites is 1. The largest absolute Gasteiger partial charge is 0.497 e. The highest BCUT2D eigenvalue weighted by molar-refractivity contribution is 6.31. The first-order chi connectivity index (χ1) is 12.2. The van der Waals surface area contributed by atoms with E-state index in [1.54, 1.807) is 14.2 Å². The van der Waals surface area contributed by atoms with Gasteiger partial charge in [0.05, 0.1) is 30.8 Å². The van der Waals surface area contributed by atoms with Crippen molar-refractivity contribution in [2.24, 2.45) is 0 Å². The van der Waals surface area contributed by atoms with Gasteiger partial charge in [0.15, 0.2) is 0 Å². The van der Waals surface area contributed by atoms with Crippen LogP contribution in [0.1, 0.15) is 0 Å². The zero-order valence-electron chi connectivity index (χ0n) is 13.9. The average Bonchev–Trinajstić information content (AvgIpc) is 2.66. The summed E-state index contributed by atoms with van der Waals surface area (Å²) in [7, 11) is 3.31. The maximum Gasteiger partial charge on any atom is 0.132 e. The molecule has 3 aromatic carbocycles. The predicted octanol–water partition coefficient (Wildman–Crippen LogP) is 5.73. The molecule has 124 valence electrons. The van der Waals surface area contributed by atoms with Crippen molar-refractivity contribution in [3.05, 3.63) is 65.7 Å². The van der Waals surface area contributed by atoms with Crippen LogP contribution in [0.5, 0.6) is 11.5 Å². The van der Waals surface area contributed by atoms with E-state index in [0.29, 0.717) is 5.02 Å². The number of nitrogens with zero attached hydrogens (tertiary/aromatic N) is 1. The zero-order valence-corrected chi connectivity index (χ0v) is 14.7. The maximum atomic E-state index is 6.21. The molecule has 25 heavy (non-hydrogen) atoms. The van der Waals surface area contributed by atoms with Crippen molar-refractivity contribution in [3.63, 3.8) is 0 Å². The van der Waals surface area contributed by atoms with Gasteiger partial charge in [-0.2, -0.15) is 0 Å². The Balaban J connectivity index is 2.20. The second-order valence-corrected chi connectivity index (χ2v) is 6.18. The molecule has 0 saturated carbocycles. The van der Waals surface area contributed by atoms with Crippen LogP contribution in [-0.4, -0.2) is 19.2 Å². The lowest BCUT2D eigenvalue weighted by Crippen LogP contribution is -1.95. The highest BCUT2D eigenvalue weighted by atomic mass is 35.5. The maximum absolute atomic E-state index is 6.21. The minimum Gasteiger partial charge on any atom is -0.497 e. The fourth-order valence-corrected chi connectivity index (χ4v) is 3.34. The number of methoxy groups -OCH3 is 2. The molecule has 0 amide bonds. The Morgan fingerprint density at radius 1 is 0.840 bits per heavy atom. The normalized spacial score (nSPS) is 11.0. The van der Waals surface area contributed by atoms with Gasteiger partial charge in [-0.25, -0.2) is 4.98 Å².